The average Bonchev–Trinajstić information content (AvgIpc) is 3.00. The Balaban J connectivity index is 0.000000769. The maximum Gasteiger partial charge on any atom is 0.0730 e. The van der Waals surface area contributed by atoms with Gasteiger partial charge in [0.1, 0.15) is 0 Å². The molecule has 0 aliphatic rings. The van der Waals surface area contributed by atoms with Crippen molar-refractivity contribution in [3.8, 4) is 11.3 Å². The highest BCUT2D eigenvalue weighted by Gasteiger charge is 2.09. The fourth-order valence-electron chi connectivity index (χ4n) is 3.86. The number of rotatable bonds is 12. The Morgan fingerprint density at radius 2 is 1.78 bits per heavy atom. The van der Waals surface area contributed by atoms with Crippen LogP contribution in [-0.4, -0.2) is 42.2 Å². The van der Waals surface area contributed by atoms with Gasteiger partial charge in [0.15, 0.2) is 0 Å². The van der Waals surface area contributed by atoms with Gasteiger partial charge in [0, 0.05) is 41.0 Å². The molecule has 1 heterocycles. The van der Waals surface area contributed by atoms with Gasteiger partial charge in [-0.05, 0) is 62.4 Å². The maximum absolute atomic E-state index is 6.43. The number of benzene rings is 2. The van der Waals surface area contributed by atoms with Crippen molar-refractivity contribution >= 4 is 46.0 Å². The van der Waals surface area contributed by atoms with Crippen LogP contribution in [-0.2, 0) is 0 Å². The Labute approximate surface area is 260 Å². The summed E-state index contributed by atoms with van der Waals surface area (Å²) in [6.07, 6.45) is 7.58. The molecule has 0 radical (unpaired) electrons. The lowest BCUT2D eigenvalue weighted by atomic mass is 10.0. The molecule has 1 aromatic heterocycles. The number of pyridine rings is 1. The molecular formula is C35H53ClN4S. The topological polar surface area (TPSA) is 54.2 Å². The summed E-state index contributed by atoms with van der Waals surface area (Å²) in [4.78, 5) is 7.11. The van der Waals surface area contributed by atoms with Crippen molar-refractivity contribution in [1.29, 1.82) is 0 Å². The predicted molar refractivity (Wildman–Crippen MR) is 191 cm³/mol. The lowest BCUT2D eigenvalue weighted by Crippen LogP contribution is -2.29. The lowest BCUT2D eigenvalue weighted by Gasteiger charge is -2.25. The zero-order valence-electron chi connectivity index (χ0n) is 26.7. The molecule has 0 aliphatic heterocycles. The Morgan fingerprint density at radius 1 is 1.10 bits per heavy atom. The summed E-state index contributed by atoms with van der Waals surface area (Å²) in [5.74, 6) is 1.06. The second-order valence-electron chi connectivity index (χ2n) is 8.98. The van der Waals surface area contributed by atoms with Gasteiger partial charge >= 0.3 is 0 Å². The highest BCUT2D eigenvalue weighted by Crippen LogP contribution is 2.30. The second kappa shape index (κ2) is 21.9. The standard InChI is InChI=1S/C20H17ClN2.C11H24N2S.2C2H6/c1-4-14-6-8-16-18(21)11-19(23-20(16)9-14)15-7-5-12(2)17(10-15)13(3)22;1-5-6-7-11(2)13(10-14-4)9-8-12-3;2*1-2/h4-11H,1,3,22H2,2H3;12H,2,5-10H2,1,3-4H3;2*1-2H3. The number of nitrogens with two attached hydrogens (primary N) is 1. The quantitative estimate of drug-likeness (QED) is 0.204. The number of halogens is 1. The van der Waals surface area contributed by atoms with Gasteiger partial charge in [0.25, 0.3) is 0 Å². The minimum absolute atomic E-state index is 0.546. The van der Waals surface area contributed by atoms with Gasteiger partial charge in [-0.2, -0.15) is 0 Å². The number of likely N-dealkylation sites (N-methyl/N-ethyl adjacent to an activating group) is 1. The van der Waals surface area contributed by atoms with Gasteiger partial charge in [-0.15, -0.1) is 11.8 Å². The van der Waals surface area contributed by atoms with E-state index in [2.05, 4.69) is 43.1 Å². The van der Waals surface area contributed by atoms with Crippen LogP contribution in [0.5, 0.6) is 0 Å². The van der Waals surface area contributed by atoms with Gasteiger partial charge < -0.3 is 16.0 Å². The van der Waals surface area contributed by atoms with Crippen molar-refractivity contribution in [2.24, 2.45) is 5.73 Å². The normalized spacial score (nSPS) is 9.78. The van der Waals surface area contributed by atoms with Crippen LogP contribution in [0.25, 0.3) is 33.9 Å². The molecule has 0 saturated heterocycles. The zero-order chi connectivity index (χ0) is 31.4. The number of aryl methyl sites for hydroxylation is 1. The molecular weight excluding hydrogens is 544 g/mol. The Bertz CT molecular complexity index is 1220. The molecule has 3 aromatic rings. The van der Waals surface area contributed by atoms with Crippen molar-refractivity contribution < 1.29 is 0 Å². The van der Waals surface area contributed by atoms with E-state index in [4.69, 9.17) is 22.3 Å². The molecule has 2 aromatic carbocycles. The van der Waals surface area contributed by atoms with Gasteiger partial charge in [-0.1, -0.05) is 103 Å². The second-order valence-corrected chi connectivity index (χ2v) is 10.2. The number of allylic oxidation sites excluding steroid dienone is 1. The molecule has 41 heavy (non-hydrogen) atoms. The molecule has 0 unspecified atom stereocenters. The van der Waals surface area contributed by atoms with Crippen LogP contribution in [0.1, 0.15) is 70.6 Å². The number of aromatic nitrogens is 1. The molecule has 0 saturated carbocycles. The summed E-state index contributed by atoms with van der Waals surface area (Å²) in [5.41, 5.74) is 13.4. The van der Waals surface area contributed by atoms with E-state index < -0.39 is 0 Å². The third kappa shape index (κ3) is 12.8. The predicted octanol–water partition coefficient (Wildman–Crippen LogP) is 10.0. The first-order valence-electron chi connectivity index (χ1n) is 14.6. The largest absolute Gasteiger partial charge is 0.399 e. The molecule has 0 bridgehead atoms. The summed E-state index contributed by atoms with van der Waals surface area (Å²) in [7, 11) is 1.99. The van der Waals surface area contributed by atoms with Crippen LogP contribution < -0.4 is 11.1 Å². The van der Waals surface area contributed by atoms with E-state index in [-0.39, 0.29) is 0 Å². The SMILES string of the molecule is C=C(CCCC)N(CCNC)CSC.C=Cc1ccc2c(Cl)cc(-c3ccc(C)c(C(=C)N)c3)nc2c1.CC.CC. The molecule has 6 heteroatoms. The number of hydrogen-bond acceptors (Lipinski definition) is 5. The van der Waals surface area contributed by atoms with Crippen LogP contribution in [0.3, 0.4) is 0 Å². The zero-order valence-corrected chi connectivity index (χ0v) is 28.3. The van der Waals surface area contributed by atoms with E-state index in [1.807, 2.05) is 95.9 Å². The van der Waals surface area contributed by atoms with Crippen LogP contribution >= 0.6 is 23.4 Å². The number of nitrogens with zero attached hydrogens (tertiary/aromatic N) is 2. The third-order valence-corrected chi connectivity index (χ3v) is 6.96. The third-order valence-electron chi connectivity index (χ3n) is 6.08. The highest BCUT2D eigenvalue weighted by atomic mass is 35.5. The monoisotopic (exact) mass is 596 g/mol. The van der Waals surface area contributed by atoms with Gasteiger partial charge in [0.05, 0.1) is 22.1 Å². The summed E-state index contributed by atoms with van der Waals surface area (Å²) in [6.45, 7) is 26.1. The number of hydrogen-bond donors (Lipinski definition) is 2. The van der Waals surface area contributed by atoms with Crippen LogP contribution in [0.15, 0.2) is 67.9 Å². The Morgan fingerprint density at radius 3 is 2.34 bits per heavy atom. The highest BCUT2D eigenvalue weighted by molar-refractivity contribution is 7.98. The van der Waals surface area contributed by atoms with Crippen molar-refractivity contribution in [2.75, 3.05) is 32.3 Å². The van der Waals surface area contributed by atoms with Crippen LogP contribution in [0.4, 0.5) is 0 Å². The summed E-state index contributed by atoms with van der Waals surface area (Å²) >= 11 is 8.29. The van der Waals surface area contributed by atoms with Crippen molar-refractivity contribution in [1.82, 2.24) is 15.2 Å². The molecule has 0 aliphatic carbocycles. The molecule has 226 valence electrons. The van der Waals surface area contributed by atoms with Crippen LogP contribution in [0.2, 0.25) is 5.02 Å². The van der Waals surface area contributed by atoms with Gasteiger partial charge in [0.2, 0.25) is 0 Å². The van der Waals surface area contributed by atoms with E-state index in [0.717, 1.165) is 64.2 Å². The van der Waals surface area contributed by atoms with E-state index >= 15 is 0 Å². The molecule has 0 amide bonds. The van der Waals surface area contributed by atoms with E-state index in [0.29, 0.717) is 10.7 Å². The van der Waals surface area contributed by atoms with Crippen molar-refractivity contribution in [3.05, 3.63) is 89.6 Å². The van der Waals surface area contributed by atoms with E-state index in [1.165, 1.54) is 18.5 Å². The number of thioether (sulfide) groups is 1. The Kier molecular flexibility index (Phi) is 20.5. The first-order valence-corrected chi connectivity index (χ1v) is 16.4. The lowest BCUT2D eigenvalue weighted by molar-refractivity contribution is 0.384. The number of fused-ring (bicyclic) bond motifs is 1. The molecule has 3 N–H and O–H groups in total. The van der Waals surface area contributed by atoms with Crippen molar-refractivity contribution in [3.63, 3.8) is 0 Å². The first kappa shape index (κ1) is 38.3. The van der Waals surface area contributed by atoms with Gasteiger partial charge in [-0.3, -0.25) is 0 Å². The average molecular weight is 597 g/mol. The maximum atomic E-state index is 6.43. The van der Waals surface area contributed by atoms with E-state index in [9.17, 15) is 0 Å². The smallest absolute Gasteiger partial charge is 0.0730 e. The van der Waals surface area contributed by atoms with Crippen molar-refractivity contribution in [2.45, 2.75) is 60.8 Å². The summed E-state index contributed by atoms with van der Waals surface area (Å²) < 4.78 is 0. The van der Waals surface area contributed by atoms with E-state index in [1.54, 1.807) is 6.08 Å². The first-order chi connectivity index (χ1) is 19.7. The fourth-order valence-corrected chi connectivity index (χ4v) is 4.75. The minimum atomic E-state index is 0.546. The number of nitrogens with one attached hydrogen (secondary N) is 1. The Hall–Kier alpha value is -2.73. The molecule has 4 nitrogen and oxygen atoms in total. The molecule has 3 rings (SSSR count). The molecule has 0 atom stereocenters. The summed E-state index contributed by atoms with van der Waals surface area (Å²) in [5, 5.41) is 4.78. The minimum Gasteiger partial charge on any atom is -0.399 e. The summed E-state index contributed by atoms with van der Waals surface area (Å²) in [6, 6.07) is 13.8. The molecule has 0 spiro atoms. The molecule has 0 fully saturated rings. The van der Waals surface area contributed by atoms with Crippen LogP contribution in [0, 0.1) is 6.92 Å². The van der Waals surface area contributed by atoms with Gasteiger partial charge in [-0.25, -0.2) is 4.98 Å². The fraction of sp³-hybridized carbons (Fsp3) is 0.400. The number of unbranched alkanes of at least 4 members (excludes halogenated alkanes) is 1.